The molecule has 0 aliphatic carbocycles. The highest BCUT2D eigenvalue weighted by molar-refractivity contribution is 5.77. The number of hydrogen-bond acceptors (Lipinski definition) is 2. The van der Waals surface area contributed by atoms with Gasteiger partial charge in [-0.3, -0.25) is 0 Å². The fourth-order valence-corrected chi connectivity index (χ4v) is 2.91. The highest BCUT2D eigenvalue weighted by Gasteiger charge is 2.43. The van der Waals surface area contributed by atoms with Gasteiger partial charge in [0.25, 0.3) is 0 Å². The maximum absolute atomic E-state index is 11.7. The van der Waals surface area contributed by atoms with Crippen LogP contribution in [-0.4, -0.2) is 22.3 Å². The van der Waals surface area contributed by atoms with E-state index in [0.717, 1.165) is 19.3 Å². The number of carboxylic acids is 1. The standard InChI is InChI=1S/C16H32O3/c1-8-10-11-16(9-2,13(17)18)19-15(6,7)12-14(3,4)5/h8-12H2,1-7H3,(H,17,18). The number of aliphatic carboxylic acids is 1. The molecule has 0 fully saturated rings. The van der Waals surface area contributed by atoms with Crippen molar-refractivity contribution >= 4 is 5.97 Å². The van der Waals surface area contributed by atoms with E-state index in [1.54, 1.807) is 0 Å². The van der Waals surface area contributed by atoms with Gasteiger partial charge in [-0.2, -0.15) is 0 Å². The molecule has 1 atom stereocenters. The van der Waals surface area contributed by atoms with Crippen LogP contribution < -0.4 is 0 Å². The molecule has 0 radical (unpaired) electrons. The van der Waals surface area contributed by atoms with Crippen LogP contribution in [0.4, 0.5) is 0 Å². The molecule has 114 valence electrons. The van der Waals surface area contributed by atoms with Gasteiger partial charge in [0.2, 0.25) is 0 Å². The van der Waals surface area contributed by atoms with Crippen LogP contribution in [0, 0.1) is 5.41 Å². The largest absolute Gasteiger partial charge is 0.479 e. The summed E-state index contributed by atoms with van der Waals surface area (Å²) in [6, 6.07) is 0. The Hall–Kier alpha value is -0.570. The maximum atomic E-state index is 11.7. The lowest BCUT2D eigenvalue weighted by Gasteiger charge is -2.40. The Labute approximate surface area is 118 Å². The van der Waals surface area contributed by atoms with Crippen LogP contribution in [-0.2, 0) is 9.53 Å². The van der Waals surface area contributed by atoms with Gasteiger partial charge in [-0.25, -0.2) is 4.79 Å². The van der Waals surface area contributed by atoms with E-state index in [-0.39, 0.29) is 5.41 Å². The number of carbonyl (C=O) groups is 1. The fraction of sp³-hybridized carbons (Fsp3) is 0.938. The quantitative estimate of drug-likeness (QED) is 0.700. The van der Waals surface area contributed by atoms with Gasteiger partial charge in [-0.1, -0.05) is 47.5 Å². The third-order valence-electron chi connectivity index (χ3n) is 3.32. The van der Waals surface area contributed by atoms with Crippen LogP contribution in [0.1, 0.15) is 80.6 Å². The zero-order chi connectivity index (χ0) is 15.3. The van der Waals surface area contributed by atoms with Crippen molar-refractivity contribution in [3.05, 3.63) is 0 Å². The van der Waals surface area contributed by atoms with E-state index in [9.17, 15) is 9.90 Å². The summed E-state index contributed by atoms with van der Waals surface area (Å²) in [5.74, 6) is -0.828. The van der Waals surface area contributed by atoms with Crippen molar-refractivity contribution in [1.29, 1.82) is 0 Å². The Bertz CT molecular complexity index is 289. The van der Waals surface area contributed by atoms with Gasteiger partial charge in [0, 0.05) is 0 Å². The molecule has 3 heteroatoms. The summed E-state index contributed by atoms with van der Waals surface area (Å²) in [4.78, 5) is 11.7. The summed E-state index contributed by atoms with van der Waals surface area (Å²) in [6.07, 6.45) is 3.80. The van der Waals surface area contributed by atoms with Crippen LogP contribution >= 0.6 is 0 Å². The van der Waals surface area contributed by atoms with Gasteiger partial charge in [0.1, 0.15) is 0 Å². The zero-order valence-corrected chi connectivity index (χ0v) is 13.8. The fourth-order valence-electron chi connectivity index (χ4n) is 2.91. The molecule has 0 rings (SSSR count). The van der Waals surface area contributed by atoms with E-state index >= 15 is 0 Å². The molecule has 1 N–H and O–H groups in total. The summed E-state index contributed by atoms with van der Waals surface area (Å²) < 4.78 is 6.11. The van der Waals surface area contributed by atoms with Gasteiger partial charge < -0.3 is 9.84 Å². The number of hydrogen-bond donors (Lipinski definition) is 1. The minimum Gasteiger partial charge on any atom is -0.479 e. The van der Waals surface area contributed by atoms with Crippen molar-refractivity contribution in [2.75, 3.05) is 0 Å². The Morgan fingerprint density at radius 2 is 1.63 bits per heavy atom. The smallest absolute Gasteiger partial charge is 0.335 e. The molecule has 0 saturated carbocycles. The molecule has 0 amide bonds. The number of rotatable bonds is 8. The highest BCUT2D eigenvalue weighted by Crippen LogP contribution is 2.36. The molecule has 0 aromatic heterocycles. The van der Waals surface area contributed by atoms with E-state index in [2.05, 4.69) is 27.7 Å². The normalized spacial score (nSPS) is 16.2. The van der Waals surface area contributed by atoms with Gasteiger partial charge >= 0.3 is 5.97 Å². The first-order valence-electron chi connectivity index (χ1n) is 7.41. The average molecular weight is 272 g/mol. The van der Waals surface area contributed by atoms with E-state index in [0.29, 0.717) is 12.8 Å². The number of carboxylic acid groups (broad SMARTS) is 1. The lowest BCUT2D eigenvalue weighted by atomic mass is 9.82. The number of ether oxygens (including phenoxy) is 1. The first-order chi connectivity index (χ1) is 8.48. The summed E-state index contributed by atoms with van der Waals surface area (Å²) in [5.41, 5.74) is -1.35. The molecule has 0 saturated heterocycles. The monoisotopic (exact) mass is 272 g/mol. The third kappa shape index (κ3) is 6.42. The Balaban J connectivity index is 5.04. The summed E-state index contributed by atoms with van der Waals surface area (Å²) in [6.45, 7) is 14.4. The lowest BCUT2D eigenvalue weighted by molar-refractivity contribution is -0.195. The Morgan fingerprint density at radius 1 is 1.11 bits per heavy atom. The second kappa shape index (κ2) is 6.74. The lowest BCUT2D eigenvalue weighted by Crippen LogP contribution is -2.48. The summed E-state index contributed by atoms with van der Waals surface area (Å²) >= 11 is 0. The summed E-state index contributed by atoms with van der Waals surface area (Å²) in [5, 5.41) is 9.59. The van der Waals surface area contributed by atoms with Crippen LogP contribution in [0.5, 0.6) is 0 Å². The maximum Gasteiger partial charge on any atom is 0.335 e. The zero-order valence-electron chi connectivity index (χ0n) is 13.8. The molecule has 1 unspecified atom stereocenters. The van der Waals surface area contributed by atoms with Crippen molar-refractivity contribution in [2.45, 2.75) is 91.8 Å². The van der Waals surface area contributed by atoms with Crippen LogP contribution in [0.3, 0.4) is 0 Å². The van der Waals surface area contributed by atoms with Crippen molar-refractivity contribution < 1.29 is 14.6 Å². The van der Waals surface area contributed by atoms with Crippen molar-refractivity contribution in [3.8, 4) is 0 Å². The molecule has 3 nitrogen and oxygen atoms in total. The van der Waals surface area contributed by atoms with Gasteiger partial charge in [-0.05, 0) is 38.5 Å². The molecule has 0 aromatic rings. The van der Waals surface area contributed by atoms with Crippen molar-refractivity contribution in [3.63, 3.8) is 0 Å². The van der Waals surface area contributed by atoms with Crippen LogP contribution in [0.2, 0.25) is 0 Å². The minimum absolute atomic E-state index is 0.117. The third-order valence-corrected chi connectivity index (χ3v) is 3.32. The van der Waals surface area contributed by atoms with E-state index in [1.165, 1.54) is 0 Å². The summed E-state index contributed by atoms with van der Waals surface area (Å²) in [7, 11) is 0. The van der Waals surface area contributed by atoms with E-state index in [1.807, 2.05) is 20.8 Å². The predicted octanol–water partition coefficient (Wildman–Crippen LogP) is 4.64. The van der Waals surface area contributed by atoms with E-state index in [4.69, 9.17) is 4.74 Å². The Morgan fingerprint density at radius 3 is 1.95 bits per heavy atom. The first-order valence-corrected chi connectivity index (χ1v) is 7.41. The molecule has 0 bridgehead atoms. The molecule has 0 aromatic carbocycles. The predicted molar refractivity (Wildman–Crippen MR) is 79.4 cm³/mol. The number of unbranched alkanes of at least 4 members (excludes halogenated alkanes) is 1. The van der Waals surface area contributed by atoms with Crippen LogP contribution in [0.15, 0.2) is 0 Å². The second-order valence-corrected chi connectivity index (χ2v) is 7.36. The highest BCUT2D eigenvalue weighted by atomic mass is 16.5. The minimum atomic E-state index is -1.04. The molecule has 0 heterocycles. The van der Waals surface area contributed by atoms with Crippen LogP contribution in [0.25, 0.3) is 0 Å². The second-order valence-electron chi connectivity index (χ2n) is 7.36. The SMILES string of the molecule is CCCCC(CC)(OC(C)(C)CC(C)(C)C)C(=O)O. The molecular weight excluding hydrogens is 240 g/mol. The van der Waals surface area contributed by atoms with Gasteiger partial charge in [-0.15, -0.1) is 0 Å². The molecular formula is C16H32O3. The molecule has 19 heavy (non-hydrogen) atoms. The molecule has 0 aliphatic heterocycles. The van der Waals surface area contributed by atoms with Gasteiger partial charge in [0.05, 0.1) is 5.60 Å². The van der Waals surface area contributed by atoms with Gasteiger partial charge in [0.15, 0.2) is 5.60 Å². The molecule has 0 spiro atoms. The average Bonchev–Trinajstić information content (AvgIpc) is 2.20. The van der Waals surface area contributed by atoms with Crippen molar-refractivity contribution in [1.82, 2.24) is 0 Å². The Kier molecular flexibility index (Phi) is 6.53. The van der Waals surface area contributed by atoms with Crippen molar-refractivity contribution in [2.24, 2.45) is 5.41 Å². The molecule has 0 aliphatic rings. The first kappa shape index (κ1) is 18.4. The topological polar surface area (TPSA) is 46.5 Å². The van der Waals surface area contributed by atoms with E-state index < -0.39 is 17.2 Å².